The Balaban J connectivity index is 1.58. The highest BCUT2D eigenvalue weighted by atomic mass is 16.2. The van der Waals surface area contributed by atoms with E-state index in [0.29, 0.717) is 13.0 Å². The van der Waals surface area contributed by atoms with Gasteiger partial charge < -0.3 is 15.5 Å². The third kappa shape index (κ3) is 4.10. The van der Waals surface area contributed by atoms with E-state index >= 15 is 0 Å². The van der Waals surface area contributed by atoms with Crippen molar-refractivity contribution in [2.75, 3.05) is 19.6 Å². The summed E-state index contributed by atoms with van der Waals surface area (Å²) in [6, 6.07) is 9.69. The predicted molar refractivity (Wildman–Crippen MR) is 88.9 cm³/mol. The average Bonchev–Trinajstić information content (AvgIpc) is 3.06. The maximum atomic E-state index is 12.6. The molecule has 0 bridgehead atoms. The van der Waals surface area contributed by atoms with Crippen LogP contribution in [0.3, 0.4) is 0 Å². The molecule has 1 aromatic carbocycles. The lowest BCUT2D eigenvalue weighted by Crippen LogP contribution is -2.51. The van der Waals surface area contributed by atoms with E-state index in [1.165, 1.54) is 0 Å². The molecule has 0 spiro atoms. The van der Waals surface area contributed by atoms with Gasteiger partial charge in [0.15, 0.2) is 0 Å². The molecule has 2 fully saturated rings. The van der Waals surface area contributed by atoms with Gasteiger partial charge in [-0.15, -0.1) is 0 Å². The molecule has 1 atom stereocenters. The molecule has 2 amide bonds. The summed E-state index contributed by atoms with van der Waals surface area (Å²) in [6.07, 6.45) is 3.99. The smallest absolute Gasteiger partial charge is 0.243 e. The van der Waals surface area contributed by atoms with Gasteiger partial charge in [0.1, 0.15) is 6.04 Å². The molecule has 124 valence electrons. The molecule has 2 heterocycles. The number of nitrogens with one attached hydrogen (secondary N) is 2. The second-order valence-electron chi connectivity index (χ2n) is 6.44. The number of piperidine rings is 1. The summed E-state index contributed by atoms with van der Waals surface area (Å²) >= 11 is 0. The molecule has 0 radical (unpaired) electrons. The van der Waals surface area contributed by atoms with Crippen molar-refractivity contribution in [1.29, 1.82) is 0 Å². The van der Waals surface area contributed by atoms with Crippen molar-refractivity contribution in [1.82, 2.24) is 15.5 Å². The normalized spacial score (nSPS) is 22.1. The van der Waals surface area contributed by atoms with E-state index in [4.69, 9.17) is 0 Å². The summed E-state index contributed by atoms with van der Waals surface area (Å²) in [6.45, 7) is 2.59. The standard InChI is InChI=1S/C18H25N3O2/c22-17(13-14-5-2-1-3-6-14)21-12-4-7-16(21)18(23)20-15-8-10-19-11-9-15/h1-3,5-6,15-16,19H,4,7-13H2,(H,20,23). The van der Waals surface area contributed by atoms with Crippen molar-refractivity contribution in [3.63, 3.8) is 0 Å². The monoisotopic (exact) mass is 315 g/mol. The van der Waals surface area contributed by atoms with E-state index in [-0.39, 0.29) is 23.9 Å². The topological polar surface area (TPSA) is 61.4 Å². The first-order valence-corrected chi connectivity index (χ1v) is 8.58. The van der Waals surface area contributed by atoms with Crippen LogP contribution in [0.1, 0.15) is 31.2 Å². The number of nitrogens with zero attached hydrogens (tertiary/aromatic N) is 1. The predicted octanol–water partition coefficient (Wildman–Crippen LogP) is 1.09. The molecule has 2 saturated heterocycles. The maximum absolute atomic E-state index is 12.6. The summed E-state index contributed by atoms with van der Waals surface area (Å²) in [4.78, 5) is 26.9. The number of rotatable bonds is 4. The number of hydrogen-bond acceptors (Lipinski definition) is 3. The van der Waals surface area contributed by atoms with Gasteiger partial charge in [-0.3, -0.25) is 9.59 Å². The van der Waals surface area contributed by atoms with Gasteiger partial charge in [-0.2, -0.15) is 0 Å². The van der Waals surface area contributed by atoms with Gasteiger partial charge in [0.2, 0.25) is 11.8 Å². The van der Waals surface area contributed by atoms with Gasteiger partial charge in [0.05, 0.1) is 6.42 Å². The van der Waals surface area contributed by atoms with Crippen molar-refractivity contribution in [3.05, 3.63) is 35.9 Å². The molecule has 1 aromatic rings. The van der Waals surface area contributed by atoms with Gasteiger partial charge >= 0.3 is 0 Å². The second-order valence-corrected chi connectivity index (χ2v) is 6.44. The summed E-state index contributed by atoms with van der Waals surface area (Å²) in [7, 11) is 0. The lowest BCUT2D eigenvalue weighted by molar-refractivity contribution is -0.138. The van der Waals surface area contributed by atoms with Crippen LogP contribution < -0.4 is 10.6 Å². The van der Waals surface area contributed by atoms with Gasteiger partial charge in [-0.05, 0) is 44.3 Å². The molecule has 0 saturated carbocycles. The van der Waals surface area contributed by atoms with Crippen LogP contribution in [-0.4, -0.2) is 48.4 Å². The Morgan fingerprint density at radius 2 is 1.87 bits per heavy atom. The van der Waals surface area contributed by atoms with E-state index in [1.54, 1.807) is 4.90 Å². The number of hydrogen-bond donors (Lipinski definition) is 2. The zero-order valence-corrected chi connectivity index (χ0v) is 13.5. The molecular formula is C18H25N3O2. The fourth-order valence-corrected chi connectivity index (χ4v) is 3.47. The Morgan fingerprint density at radius 1 is 1.13 bits per heavy atom. The molecule has 5 heteroatoms. The molecule has 23 heavy (non-hydrogen) atoms. The van der Waals surface area contributed by atoms with E-state index in [0.717, 1.165) is 44.3 Å². The maximum Gasteiger partial charge on any atom is 0.243 e. The minimum Gasteiger partial charge on any atom is -0.351 e. The minimum atomic E-state index is -0.291. The van der Waals surface area contributed by atoms with Crippen molar-refractivity contribution in [2.24, 2.45) is 0 Å². The zero-order chi connectivity index (χ0) is 16.1. The highest BCUT2D eigenvalue weighted by Gasteiger charge is 2.34. The van der Waals surface area contributed by atoms with Crippen LogP contribution in [0.2, 0.25) is 0 Å². The lowest BCUT2D eigenvalue weighted by atomic mass is 10.1. The highest BCUT2D eigenvalue weighted by Crippen LogP contribution is 2.19. The molecular weight excluding hydrogens is 290 g/mol. The van der Waals surface area contributed by atoms with Gasteiger partial charge in [0, 0.05) is 12.6 Å². The third-order valence-electron chi connectivity index (χ3n) is 4.76. The van der Waals surface area contributed by atoms with E-state index < -0.39 is 0 Å². The van der Waals surface area contributed by atoms with Crippen LogP contribution in [0, 0.1) is 0 Å². The van der Waals surface area contributed by atoms with Crippen molar-refractivity contribution >= 4 is 11.8 Å². The molecule has 2 N–H and O–H groups in total. The average molecular weight is 315 g/mol. The van der Waals surface area contributed by atoms with E-state index in [2.05, 4.69) is 10.6 Å². The quantitative estimate of drug-likeness (QED) is 0.874. The molecule has 1 unspecified atom stereocenters. The van der Waals surface area contributed by atoms with Crippen molar-refractivity contribution in [3.8, 4) is 0 Å². The van der Waals surface area contributed by atoms with Gasteiger partial charge in [-0.1, -0.05) is 30.3 Å². The Bertz CT molecular complexity index is 540. The van der Waals surface area contributed by atoms with Crippen LogP contribution in [-0.2, 0) is 16.0 Å². The second kappa shape index (κ2) is 7.59. The van der Waals surface area contributed by atoms with Crippen LogP contribution in [0.25, 0.3) is 0 Å². The summed E-state index contributed by atoms with van der Waals surface area (Å²) in [5.74, 6) is 0.0787. The van der Waals surface area contributed by atoms with Crippen molar-refractivity contribution in [2.45, 2.75) is 44.2 Å². The first kappa shape index (κ1) is 16.0. The van der Waals surface area contributed by atoms with Gasteiger partial charge in [-0.25, -0.2) is 0 Å². The largest absolute Gasteiger partial charge is 0.351 e. The Labute approximate surface area is 137 Å². The first-order valence-electron chi connectivity index (χ1n) is 8.58. The Morgan fingerprint density at radius 3 is 2.61 bits per heavy atom. The lowest BCUT2D eigenvalue weighted by Gasteiger charge is -2.28. The van der Waals surface area contributed by atoms with Crippen molar-refractivity contribution < 1.29 is 9.59 Å². The molecule has 0 aliphatic carbocycles. The van der Waals surface area contributed by atoms with Crippen LogP contribution in [0.4, 0.5) is 0 Å². The Kier molecular flexibility index (Phi) is 5.28. The molecule has 2 aliphatic heterocycles. The molecule has 2 aliphatic rings. The summed E-state index contributed by atoms with van der Waals surface area (Å²) in [5, 5.41) is 6.43. The molecule has 3 rings (SSSR count). The molecule has 5 nitrogen and oxygen atoms in total. The minimum absolute atomic E-state index is 0.0239. The van der Waals surface area contributed by atoms with Crippen LogP contribution in [0.5, 0.6) is 0 Å². The van der Waals surface area contributed by atoms with E-state index in [1.807, 2.05) is 30.3 Å². The summed E-state index contributed by atoms with van der Waals surface area (Å²) < 4.78 is 0. The molecule has 0 aromatic heterocycles. The van der Waals surface area contributed by atoms with Gasteiger partial charge in [0.25, 0.3) is 0 Å². The number of amides is 2. The fraction of sp³-hybridized carbons (Fsp3) is 0.556. The third-order valence-corrected chi connectivity index (χ3v) is 4.76. The summed E-state index contributed by atoms with van der Waals surface area (Å²) in [5.41, 5.74) is 1.00. The SMILES string of the molecule is O=C(NC1CCNCC1)C1CCCN1C(=O)Cc1ccccc1. The zero-order valence-electron chi connectivity index (χ0n) is 13.5. The Hall–Kier alpha value is -1.88. The number of carbonyl (C=O) groups is 2. The number of benzene rings is 1. The fourth-order valence-electron chi connectivity index (χ4n) is 3.47. The van der Waals surface area contributed by atoms with Crippen LogP contribution in [0.15, 0.2) is 30.3 Å². The number of carbonyl (C=O) groups excluding carboxylic acids is 2. The van der Waals surface area contributed by atoms with E-state index in [9.17, 15) is 9.59 Å². The highest BCUT2D eigenvalue weighted by molar-refractivity contribution is 5.89. The first-order chi connectivity index (χ1) is 11.2. The van der Waals surface area contributed by atoms with Crippen LogP contribution >= 0.6 is 0 Å². The number of likely N-dealkylation sites (tertiary alicyclic amines) is 1.